The minimum absolute atomic E-state index is 0.316. The van der Waals surface area contributed by atoms with Gasteiger partial charge < -0.3 is 5.32 Å². The lowest BCUT2D eigenvalue weighted by molar-refractivity contribution is -0.119. The van der Waals surface area contributed by atoms with E-state index < -0.39 is 11.9 Å². The van der Waals surface area contributed by atoms with E-state index in [0.29, 0.717) is 21.4 Å². The van der Waals surface area contributed by atoms with Gasteiger partial charge in [0.2, 0.25) is 5.91 Å². The molecule has 0 fully saturated rings. The fourth-order valence-electron chi connectivity index (χ4n) is 2.40. The predicted octanol–water partition coefficient (Wildman–Crippen LogP) is 4.42. The largest absolute Gasteiger partial charge is 0.323 e. The normalized spacial score (nSPS) is 11.8. The Morgan fingerprint density at radius 1 is 1.08 bits per heavy atom. The topological polar surface area (TPSA) is 64.0 Å². The lowest BCUT2D eigenvalue weighted by Gasteiger charge is -2.15. The van der Waals surface area contributed by atoms with Crippen molar-refractivity contribution < 1.29 is 4.79 Å². The number of aromatic nitrogens is 2. The lowest BCUT2D eigenvalue weighted by Crippen LogP contribution is -2.33. The molecule has 0 aliphatic heterocycles. The summed E-state index contributed by atoms with van der Waals surface area (Å²) < 4.78 is 1.15. The SMILES string of the molecule is CC(C(=O)Nc1ccc(Cl)cc1Cl)n1nc(-c2ccccc2)ccc1=O. The number of nitrogens with one attached hydrogen (secondary N) is 1. The molecule has 0 aliphatic rings. The van der Waals surface area contributed by atoms with Crippen molar-refractivity contribution in [1.29, 1.82) is 0 Å². The van der Waals surface area contributed by atoms with E-state index in [2.05, 4.69) is 10.4 Å². The molecule has 1 N–H and O–H groups in total. The maximum Gasteiger partial charge on any atom is 0.267 e. The summed E-state index contributed by atoms with van der Waals surface area (Å²) in [5.74, 6) is -0.408. The first-order chi connectivity index (χ1) is 12.5. The van der Waals surface area contributed by atoms with Crippen molar-refractivity contribution in [2.45, 2.75) is 13.0 Å². The second-order valence-corrected chi connectivity index (χ2v) is 6.50. The number of carbonyl (C=O) groups excluding carboxylic acids is 1. The Morgan fingerprint density at radius 2 is 1.81 bits per heavy atom. The smallest absolute Gasteiger partial charge is 0.267 e. The molecule has 132 valence electrons. The number of amides is 1. The van der Waals surface area contributed by atoms with Crippen LogP contribution < -0.4 is 10.9 Å². The molecule has 1 amide bonds. The molecule has 2 aromatic carbocycles. The van der Waals surface area contributed by atoms with E-state index in [-0.39, 0.29) is 5.56 Å². The summed E-state index contributed by atoms with van der Waals surface area (Å²) in [4.78, 5) is 24.7. The summed E-state index contributed by atoms with van der Waals surface area (Å²) in [5.41, 5.74) is 1.51. The Morgan fingerprint density at radius 3 is 2.50 bits per heavy atom. The Labute approximate surface area is 160 Å². The van der Waals surface area contributed by atoms with Gasteiger partial charge in [0.1, 0.15) is 6.04 Å². The van der Waals surface area contributed by atoms with E-state index in [1.807, 2.05) is 30.3 Å². The molecule has 0 bridgehead atoms. The molecule has 1 heterocycles. The average molecular weight is 388 g/mol. The first-order valence-electron chi connectivity index (χ1n) is 7.87. The second kappa shape index (κ2) is 7.72. The fraction of sp³-hybridized carbons (Fsp3) is 0.105. The zero-order chi connectivity index (χ0) is 18.7. The first-order valence-corrected chi connectivity index (χ1v) is 8.62. The third-order valence-corrected chi connectivity index (χ3v) is 4.38. The highest BCUT2D eigenvalue weighted by Crippen LogP contribution is 2.26. The molecule has 5 nitrogen and oxygen atoms in total. The number of halogens is 2. The summed E-state index contributed by atoms with van der Waals surface area (Å²) in [6.45, 7) is 1.60. The van der Waals surface area contributed by atoms with Gasteiger partial charge in [-0.3, -0.25) is 9.59 Å². The van der Waals surface area contributed by atoms with E-state index in [4.69, 9.17) is 23.2 Å². The maximum absolute atomic E-state index is 12.5. The van der Waals surface area contributed by atoms with Gasteiger partial charge in [0, 0.05) is 16.7 Å². The summed E-state index contributed by atoms with van der Waals surface area (Å²) in [6.07, 6.45) is 0. The Kier molecular flexibility index (Phi) is 5.40. The molecule has 1 aromatic heterocycles. The molecular formula is C19H15Cl2N3O2. The van der Waals surface area contributed by atoms with Gasteiger partial charge in [0.15, 0.2) is 0 Å². The van der Waals surface area contributed by atoms with Crippen LogP contribution >= 0.6 is 23.2 Å². The van der Waals surface area contributed by atoms with E-state index in [0.717, 1.165) is 10.2 Å². The van der Waals surface area contributed by atoms with Gasteiger partial charge >= 0.3 is 0 Å². The van der Waals surface area contributed by atoms with Gasteiger partial charge in [0.25, 0.3) is 5.56 Å². The first kappa shape index (κ1) is 18.2. The highest BCUT2D eigenvalue weighted by Gasteiger charge is 2.19. The van der Waals surface area contributed by atoms with Gasteiger partial charge in [-0.2, -0.15) is 5.10 Å². The Hall–Kier alpha value is -2.63. The van der Waals surface area contributed by atoms with Gasteiger partial charge in [-0.25, -0.2) is 4.68 Å². The molecule has 3 aromatic rings. The van der Waals surface area contributed by atoms with Crippen molar-refractivity contribution in [3.05, 3.63) is 81.1 Å². The van der Waals surface area contributed by atoms with Gasteiger partial charge in [0.05, 0.1) is 16.4 Å². The summed E-state index contributed by atoms with van der Waals surface area (Å²) in [7, 11) is 0. The van der Waals surface area contributed by atoms with Crippen LogP contribution in [-0.4, -0.2) is 15.7 Å². The molecule has 0 aliphatic carbocycles. The molecular weight excluding hydrogens is 373 g/mol. The average Bonchev–Trinajstić information content (AvgIpc) is 2.64. The molecule has 7 heteroatoms. The van der Waals surface area contributed by atoms with E-state index >= 15 is 0 Å². The highest BCUT2D eigenvalue weighted by atomic mass is 35.5. The summed E-state index contributed by atoms with van der Waals surface area (Å²) >= 11 is 11.9. The van der Waals surface area contributed by atoms with Crippen LogP contribution in [0, 0.1) is 0 Å². The van der Waals surface area contributed by atoms with Crippen LogP contribution in [0.2, 0.25) is 10.0 Å². The zero-order valence-electron chi connectivity index (χ0n) is 13.8. The zero-order valence-corrected chi connectivity index (χ0v) is 15.3. The monoisotopic (exact) mass is 387 g/mol. The lowest BCUT2D eigenvalue weighted by atomic mass is 10.1. The van der Waals surface area contributed by atoms with Crippen LogP contribution in [0.3, 0.4) is 0 Å². The molecule has 0 radical (unpaired) electrons. The Balaban J connectivity index is 1.88. The van der Waals surface area contributed by atoms with Crippen molar-refractivity contribution in [1.82, 2.24) is 9.78 Å². The maximum atomic E-state index is 12.5. The molecule has 3 rings (SSSR count). The molecule has 0 saturated heterocycles. The number of benzene rings is 2. The number of nitrogens with zero attached hydrogens (tertiary/aromatic N) is 2. The third kappa shape index (κ3) is 3.95. The van der Waals surface area contributed by atoms with Crippen LogP contribution in [0.5, 0.6) is 0 Å². The summed E-state index contributed by atoms with van der Waals surface area (Å²) in [5, 5.41) is 7.81. The van der Waals surface area contributed by atoms with Crippen LogP contribution in [0.1, 0.15) is 13.0 Å². The van der Waals surface area contributed by atoms with Crippen LogP contribution in [-0.2, 0) is 4.79 Å². The van der Waals surface area contributed by atoms with Crippen molar-refractivity contribution >= 4 is 34.8 Å². The Bertz CT molecular complexity index is 1000. The van der Waals surface area contributed by atoms with Crippen LogP contribution in [0.4, 0.5) is 5.69 Å². The van der Waals surface area contributed by atoms with Gasteiger partial charge in [-0.15, -0.1) is 0 Å². The number of anilines is 1. The number of hydrogen-bond donors (Lipinski definition) is 1. The van der Waals surface area contributed by atoms with E-state index in [9.17, 15) is 9.59 Å². The number of hydrogen-bond acceptors (Lipinski definition) is 3. The highest BCUT2D eigenvalue weighted by molar-refractivity contribution is 6.36. The van der Waals surface area contributed by atoms with Gasteiger partial charge in [-0.1, -0.05) is 53.5 Å². The molecule has 0 spiro atoms. The quantitative estimate of drug-likeness (QED) is 0.720. The minimum Gasteiger partial charge on any atom is -0.323 e. The molecule has 1 atom stereocenters. The molecule has 1 unspecified atom stereocenters. The van der Waals surface area contributed by atoms with Crippen molar-refractivity contribution in [2.75, 3.05) is 5.32 Å². The van der Waals surface area contributed by atoms with Crippen molar-refractivity contribution in [3.63, 3.8) is 0 Å². The summed E-state index contributed by atoms with van der Waals surface area (Å²) in [6, 6.07) is 16.4. The number of carbonyl (C=O) groups is 1. The van der Waals surface area contributed by atoms with E-state index in [1.54, 1.807) is 25.1 Å². The predicted molar refractivity (Wildman–Crippen MR) is 104 cm³/mol. The minimum atomic E-state index is -0.821. The second-order valence-electron chi connectivity index (χ2n) is 5.66. The van der Waals surface area contributed by atoms with Crippen molar-refractivity contribution in [2.24, 2.45) is 0 Å². The van der Waals surface area contributed by atoms with Gasteiger partial charge in [-0.05, 0) is 31.2 Å². The van der Waals surface area contributed by atoms with Crippen molar-refractivity contribution in [3.8, 4) is 11.3 Å². The molecule has 0 saturated carbocycles. The molecule has 26 heavy (non-hydrogen) atoms. The third-order valence-electron chi connectivity index (χ3n) is 3.83. The number of rotatable bonds is 4. The fourth-order valence-corrected chi connectivity index (χ4v) is 2.86. The van der Waals surface area contributed by atoms with Crippen LogP contribution in [0.25, 0.3) is 11.3 Å². The van der Waals surface area contributed by atoms with E-state index in [1.165, 1.54) is 12.1 Å². The van der Waals surface area contributed by atoms with Crippen LogP contribution in [0.15, 0.2) is 65.5 Å². The standard InChI is InChI=1S/C19H15Cl2N3O2/c1-12(19(26)22-17-8-7-14(20)11-15(17)21)24-18(25)10-9-16(23-24)13-5-3-2-4-6-13/h2-12H,1H3,(H,22,26).